The quantitative estimate of drug-likeness (QED) is 0.784. The Bertz CT molecular complexity index is 525. The standard InChI is InChI=1S/C17H23NO3/c1-13-5-3-6-15(9-13)14(2)18-10-16(19)11-20-12-17-7-4-8-21-17/h3-9,14,16,18-19H,10-12H2,1-2H3/t14-,16?/m0/s1. The summed E-state index contributed by atoms with van der Waals surface area (Å²) in [6.45, 7) is 5.33. The maximum Gasteiger partial charge on any atom is 0.129 e. The lowest BCUT2D eigenvalue weighted by Crippen LogP contribution is -2.32. The number of furan rings is 1. The Morgan fingerprint density at radius 2 is 2.14 bits per heavy atom. The molecule has 1 unspecified atom stereocenters. The van der Waals surface area contributed by atoms with Crippen LogP contribution in [0.1, 0.15) is 29.9 Å². The summed E-state index contributed by atoms with van der Waals surface area (Å²) in [7, 11) is 0. The van der Waals surface area contributed by atoms with Gasteiger partial charge in [0.15, 0.2) is 0 Å². The molecule has 114 valence electrons. The molecule has 0 fully saturated rings. The van der Waals surface area contributed by atoms with E-state index >= 15 is 0 Å². The lowest BCUT2D eigenvalue weighted by molar-refractivity contribution is 0.0217. The molecular formula is C17H23NO3. The van der Waals surface area contributed by atoms with E-state index in [2.05, 4.69) is 37.4 Å². The second-order valence-corrected chi connectivity index (χ2v) is 5.29. The van der Waals surface area contributed by atoms with Crippen LogP contribution in [-0.2, 0) is 11.3 Å². The first kappa shape index (κ1) is 15.8. The summed E-state index contributed by atoms with van der Waals surface area (Å²) in [5.41, 5.74) is 2.46. The topological polar surface area (TPSA) is 54.6 Å². The maximum atomic E-state index is 9.91. The van der Waals surface area contributed by atoms with Crippen LogP contribution in [0.2, 0.25) is 0 Å². The normalized spacial score (nSPS) is 14.0. The van der Waals surface area contributed by atoms with Crippen molar-refractivity contribution in [2.24, 2.45) is 0 Å². The Labute approximate surface area is 125 Å². The number of aliphatic hydroxyl groups is 1. The summed E-state index contributed by atoms with van der Waals surface area (Å²) < 4.78 is 10.6. The summed E-state index contributed by atoms with van der Waals surface area (Å²) in [5, 5.41) is 13.2. The van der Waals surface area contributed by atoms with E-state index < -0.39 is 6.10 Å². The smallest absolute Gasteiger partial charge is 0.129 e. The zero-order valence-corrected chi connectivity index (χ0v) is 12.6. The molecule has 0 saturated carbocycles. The van der Waals surface area contributed by atoms with Crippen molar-refractivity contribution in [1.82, 2.24) is 5.32 Å². The Balaban J connectivity index is 1.67. The molecule has 0 aliphatic carbocycles. The second-order valence-electron chi connectivity index (χ2n) is 5.29. The first-order chi connectivity index (χ1) is 10.1. The zero-order valence-electron chi connectivity index (χ0n) is 12.6. The predicted molar refractivity (Wildman–Crippen MR) is 82.0 cm³/mol. The molecule has 0 bridgehead atoms. The molecule has 0 saturated heterocycles. The van der Waals surface area contributed by atoms with Gasteiger partial charge in [0.25, 0.3) is 0 Å². The zero-order chi connectivity index (χ0) is 15.1. The van der Waals surface area contributed by atoms with Crippen LogP contribution >= 0.6 is 0 Å². The molecule has 0 radical (unpaired) electrons. The molecule has 0 spiro atoms. The highest BCUT2D eigenvalue weighted by molar-refractivity contribution is 5.24. The summed E-state index contributed by atoms with van der Waals surface area (Å²) >= 11 is 0. The minimum absolute atomic E-state index is 0.199. The molecule has 4 nitrogen and oxygen atoms in total. The van der Waals surface area contributed by atoms with Crippen molar-refractivity contribution in [3.63, 3.8) is 0 Å². The first-order valence-corrected chi connectivity index (χ1v) is 7.23. The number of rotatable bonds is 8. The van der Waals surface area contributed by atoms with Crippen molar-refractivity contribution >= 4 is 0 Å². The highest BCUT2D eigenvalue weighted by Gasteiger charge is 2.09. The number of nitrogens with one attached hydrogen (secondary N) is 1. The SMILES string of the molecule is Cc1cccc([C@H](C)NCC(O)COCc2ccco2)c1. The van der Waals surface area contributed by atoms with Crippen LogP contribution in [0.25, 0.3) is 0 Å². The molecule has 4 heteroatoms. The second kappa shape index (κ2) is 7.98. The van der Waals surface area contributed by atoms with E-state index in [1.54, 1.807) is 6.26 Å². The van der Waals surface area contributed by atoms with Gasteiger partial charge in [0.05, 0.1) is 19.0 Å². The minimum atomic E-state index is -0.535. The number of aliphatic hydroxyl groups excluding tert-OH is 1. The molecule has 2 atom stereocenters. The van der Waals surface area contributed by atoms with Crippen molar-refractivity contribution in [2.75, 3.05) is 13.2 Å². The van der Waals surface area contributed by atoms with Crippen molar-refractivity contribution < 1.29 is 14.3 Å². The fraction of sp³-hybridized carbons (Fsp3) is 0.412. The molecule has 2 rings (SSSR count). The number of hydrogen-bond acceptors (Lipinski definition) is 4. The van der Waals surface area contributed by atoms with E-state index in [4.69, 9.17) is 9.15 Å². The maximum absolute atomic E-state index is 9.91. The fourth-order valence-corrected chi connectivity index (χ4v) is 2.12. The molecular weight excluding hydrogens is 266 g/mol. The summed E-state index contributed by atoms with van der Waals surface area (Å²) in [5.74, 6) is 0.767. The Morgan fingerprint density at radius 3 is 2.86 bits per heavy atom. The van der Waals surface area contributed by atoms with Crippen LogP contribution in [0.4, 0.5) is 0 Å². The number of aryl methyl sites for hydroxylation is 1. The average molecular weight is 289 g/mol. The molecule has 1 aromatic heterocycles. The summed E-state index contributed by atoms with van der Waals surface area (Å²) in [6.07, 6.45) is 1.08. The highest BCUT2D eigenvalue weighted by Crippen LogP contribution is 2.13. The van der Waals surface area contributed by atoms with Crippen LogP contribution in [0.5, 0.6) is 0 Å². The van der Waals surface area contributed by atoms with Gasteiger partial charge in [-0.25, -0.2) is 0 Å². The van der Waals surface area contributed by atoms with Crippen molar-refractivity contribution in [3.8, 4) is 0 Å². The Morgan fingerprint density at radius 1 is 1.29 bits per heavy atom. The Kier molecular flexibility index (Phi) is 5.99. The van der Waals surface area contributed by atoms with E-state index in [-0.39, 0.29) is 12.6 Å². The van der Waals surface area contributed by atoms with Gasteiger partial charge < -0.3 is 19.6 Å². The molecule has 0 amide bonds. The van der Waals surface area contributed by atoms with Gasteiger partial charge in [-0.15, -0.1) is 0 Å². The van der Waals surface area contributed by atoms with Gasteiger partial charge in [-0.3, -0.25) is 0 Å². The van der Waals surface area contributed by atoms with Crippen LogP contribution < -0.4 is 5.32 Å². The first-order valence-electron chi connectivity index (χ1n) is 7.23. The van der Waals surface area contributed by atoms with Gasteiger partial charge in [0, 0.05) is 12.6 Å². The third-order valence-corrected chi connectivity index (χ3v) is 3.34. The fourth-order valence-electron chi connectivity index (χ4n) is 2.12. The Hall–Kier alpha value is -1.62. The van der Waals surface area contributed by atoms with Gasteiger partial charge in [-0.05, 0) is 31.5 Å². The molecule has 2 aromatic rings. The van der Waals surface area contributed by atoms with E-state index in [9.17, 15) is 5.11 Å². The minimum Gasteiger partial charge on any atom is -0.467 e. The molecule has 1 heterocycles. The van der Waals surface area contributed by atoms with Gasteiger partial charge in [-0.2, -0.15) is 0 Å². The van der Waals surface area contributed by atoms with Gasteiger partial charge in [-0.1, -0.05) is 29.8 Å². The van der Waals surface area contributed by atoms with Crippen molar-refractivity contribution in [3.05, 3.63) is 59.5 Å². The van der Waals surface area contributed by atoms with Crippen LogP contribution in [0, 0.1) is 6.92 Å². The summed E-state index contributed by atoms with van der Waals surface area (Å²) in [4.78, 5) is 0. The predicted octanol–water partition coefficient (Wildman–Crippen LogP) is 2.82. The van der Waals surface area contributed by atoms with Crippen molar-refractivity contribution in [1.29, 1.82) is 0 Å². The third kappa shape index (κ3) is 5.34. The van der Waals surface area contributed by atoms with Crippen LogP contribution in [0.15, 0.2) is 47.1 Å². The number of hydrogen-bond donors (Lipinski definition) is 2. The lowest BCUT2D eigenvalue weighted by Gasteiger charge is -2.18. The number of ether oxygens (including phenoxy) is 1. The van der Waals surface area contributed by atoms with E-state index in [1.165, 1.54) is 11.1 Å². The van der Waals surface area contributed by atoms with Crippen LogP contribution in [0.3, 0.4) is 0 Å². The molecule has 0 aliphatic rings. The average Bonchev–Trinajstić information content (AvgIpc) is 2.98. The van der Waals surface area contributed by atoms with Crippen LogP contribution in [-0.4, -0.2) is 24.4 Å². The number of benzene rings is 1. The van der Waals surface area contributed by atoms with E-state index in [0.29, 0.717) is 13.2 Å². The molecule has 2 N–H and O–H groups in total. The molecule has 1 aromatic carbocycles. The lowest BCUT2D eigenvalue weighted by atomic mass is 10.1. The van der Waals surface area contributed by atoms with E-state index in [1.807, 2.05) is 18.2 Å². The largest absolute Gasteiger partial charge is 0.467 e. The van der Waals surface area contributed by atoms with Crippen molar-refractivity contribution in [2.45, 2.75) is 32.6 Å². The molecule has 0 aliphatic heterocycles. The monoisotopic (exact) mass is 289 g/mol. The third-order valence-electron chi connectivity index (χ3n) is 3.34. The van der Waals surface area contributed by atoms with Gasteiger partial charge >= 0.3 is 0 Å². The summed E-state index contributed by atoms with van der Waals surface area (Å²) in [6, 6.07) is 12.2. The molecule has 21 heavy (non-hydrogen) atoms. The highest BCUT2D eigenvalue weighted by atomic mass is 16.5. The van der Waals surface area contributed by atoms with Gasteiger partial charge in [0.2, 0.25) is 0 Å². The van der Waals surface area contributed by atoms with Gasteiger partial charge in [0.1, 0.15) is 12.4 Å². The van der Waals surface area contributed by atoms with E-state index in [0.717, 1.165) is 5.76 Å².